The van der Waals surface area contributed by atoms with Crippen LogP contribution in [-0.4, -0.2) is 36.3 Å². The van der Waals surface area contributed by atoms with Gasteiger partial charge in [-0.05, 0) is 76.5 Å². The van der Waals surface area contributed by atoms with Crippen LogP contribution < -0.4 is 9.47 Å². The highest BCUT2D eigenvalue weighted by molar-refractivity contribution is 14.1. The molecule has 0 aromatic heterocycles. The lowest BCUT2D eigenvalue weighted by Crippen LogP contribution is -2.29. The Hall–Kier alpha value is -2.44. The van der Waals surface area contributed by atoms with E-state index in [4.69, 9.17) is 15.9 Å². The summed E-state index contributed by atoms with van der Waals surface area (Å²) in [7, 11) is 1.54. The number of imide groups is 1. The zero-order valence-corrected chi connectivity index (χ0v) is 19.4. The van der Waals surface area contributed by atoms with Crippen LogP contribution in [0.15, 0.2) is 47.4 Å². The molecule has 7 heteroatoms. The number of benzene rings is 2. The number of rotatable bonds is 8. The van der Waals surface area contributed by atoms with Crippen molar-refractivity contribution in [2.45, 2.75) is 12.8 Å². The van der Waals surface area contributed by atoms with Gasteiger partial charge in [0.15, 0.2) is 11.5 Å². The lowest BCUT2D eigenvalue weighted by Gasteiger charge is -2.13. The topological polar surface area (TPSA) is 55.8 Å². The Balaban J connectivity index is 1.71. The summed E-state index contributed by atoms with van der Waals surface area (Å²) in [6.07, 6.45) is 8.51. The summed E-state index contributed by atoms with van der Waals surface area (Å²) in [4.78, 5) is 26.8. The molecule has 0 N–H and O–H groups in total. The maximum Gasteiger partial charge on any atom is 0.293 e. The molecule has 0 radical (unpaired) electrons. The standard InChI is InChI=1S/C23H20INO4S/c1-3-12-29-21-18(24)13-17(14-19(21)28-2)15-20-22(26)25(23(27)30-20)11-7-10-16-8-5-4-6-9-16/h1,4-6,8-9,13-15H,7,10-12H2,2H3/b20-15+. The van der Waals surface area contributed by atoms with Crippen molar-refractivity contribution in [2.75, 3.05) is 20.3 Å². The van der Waals surface area contributed by atoms with E-state index in [1.54, 1.807) is 19.3 Å². The number of ether oxygens (including phenoxy) is 2. The number of amides is 2. The van der Waals surface area contributed by atoms with E-state index in [2.05, 4.69) is 28.5 Å². The van der Waals surface area contributed by atoms with Gasteiger partial charge in [-0.3, -0.25) is 14.5 Å². The van der Waals surface area contributed by atoms with E-state index in [1.807, 2.05) is 36.4 Å². The predicted molar refractivity (Wildman–Crippen MR) is 127 cm³/mol. The molecule has 0 saturated carbocycles. The van der Waals surface area contributed by atoms with Crippen molar-refractivity contribution in [3.8, 4) is 23.8 Å². The Morgan fingerprint density at radius 1 is 1.23 bits per heavy atom. The van der Waals surface area contributed by atoms with Crippen LogP contribution >= 0.6 is 34.4 Å². The number of hydrogen-bond donors (Lipinski definition) is 0. The lowest BCUT2D eigenvalue weighted by atomic mass is 10.1. The summed E-state index contributed by atoms with van der Waals surface area (Å²) >= 11 is 3.08. The van der Waals surface area contributed by atoms with E-state index < -0.39 is 0 Å². The molecule has 0 spiro atoms. The van der Waals surface area contributed by atoms with E-state index in [9.17, 15) is 9.59 Å². The van der Waals surface area contributed by atoms with Gasteiger partial charge in [-0.2, -0.15) is 0 Å². The molecule has 0 unspecified atom stereocenters. The first-order chi connectivity index (χ1) is 14.5. The zero-order chi connectivity index (χ0) is 21.5. The molecule has 0 aliphatic carbocycles. The van der Waals surface area contributed by atoms with Gasteiger partial charge in [-0.15, -0.1) is 6.42 Å². The van der Waals surface area contributed by atoms with Crippen molar-refractivity contribution < 1.29 is 19.1 Å². The number of terminal acetylenes is 1. The molecule has 1 fully saturated rings. The van der Waals surface area contributed by atoms with Crippen LogP contribution in [0.4, 0.5) is 4.79 Å². The molecule has 1 saturated heterocycles. The highest BCUT2D eigenvalue weighted by atomic mass is 127. The van der Waals surface area contributed by atoms with Crippen LogP contribution in [0.1, 0.15) is 17.5 Å². The second-order valence-electron chi connectivity index (χ2n) is 6.45. The molecule has 3 rings (SSSR count). The van der Waals surface area contributed by atoms with Crippen molar-refractivity contribution >= 4 is 51.6 Å². The minimum absolute atomic E-state index is 0.133. The van der Waals surface area contributed by atoms with Gasteiger partial charge in [0.2, 0.25) is 0 Å². The summed E-state index contributed by atoms with van der Waals surface area (Å²) in [6.45, 7) is 0.532. The average molecular weight is 533 g/mol. The van der Waals surface area contributed by atoms with Crippen LogP contribution in [0.5, 0.6) is 11.5 Å². The molecule has 5 nitrogen and oxygen atoms in total. The van der Waals surface area contributed by atoms with Gasteiger partial charge in [0.05, 0.1) is 15.6 Å². The number of halogens is 1. The fourth-order valence-electron chi connectivity index (χ4n) is 3.01. The van der Waals surface area contributed by atoms with E-state index in [-0.39, 0.29) is 17.8 Å². The lowest BCUT2D eigenvalue weighted by molar-refractivity contribution is -0.122. The van der Waals surface area contributed by atoms with Crippen LogP contribution in [0.3, 0.4) is 0 Å². The van der Waals surface area contributed by atoms with Crippen LogP contribution in [0, 0.1) is 15.9 Å². The van der Waals surface area contributed by atoms with Gasteiger partial charge in [-0.1, -0.05) is 36.3 Å². The SMILES string of the molecule is C#CCOc1c(I)cc(/C=C2/SC(=O)N(CCCc3ccccc3)C2=O)cc1OC. The third-order valence-corrected chi connectivity index (χ3v) is 6.12. The summed E-state index contributed by atoms with van der Waals surface area (Å²) in [6, 6.07) is 13.6. The first-order valence-electron chi connectivity index (χ1n) is 9.26. The Morgan fingerprint density at radius 2 is 2.00 bits per heavy atom. The summed E-state index contributed by atoms with van der Waals surface area (Å²) in [5.74, 6) is 3.24. The molecule has 1 aliphatic heterocycles. The van der Waals surface area contributed by atoms with Gasteiger partial charge >= 0.3 is 0 Å². The third kappa shape index (κ3) is 5.37. The van der Waals surface area contributed by atoms with E-state index in [0.717, 1.165) is 33.7 Å². The summed E-state index contributed by atoms with van der Waals surface area (Å²) < 4.78 is 11.7. The van der Waals surface area contributed by atoms with Gasteiger partial charge in [0, 0.05) is 6.54 Å². The zero-order valence-electron chi connectivity index (χ0n) is 16.4. The highest BCUT2D eigenvalue weighted by Crippen LogP contribution is 2.37. The molecule has 0 bridgehead atoms. The van der Waals surface area contributed by atoms with E-state index >= 15 is 0 Å². The first kappa shape index (κ1) is 22.2. The van der Waals surface area contributed by atoms with Crippen molar-refractivity contribution in [1.29, 1.82) is 0 Å². The molecule has 1 aliphatic rings. The molecular formula is C23H20INO4S. The van der Waals surface area contributed by atoms with Crippen molar-refractivity contribution in [1.82, 2.24) is 4.90 Å². The number of methoxy groups -OCH3 is 1. The largest absolute Gasteiger partial charge is 0.493 e. The Morgan fingerprint density at radius 3 is 2.70 bits per heavy atom. The quantitative estimate of drug-likeness (QED) is 0.272. The van der Waals surface area contributed by atoms with Crippen molar-refractivity contribution in [3.05, 3.63) is 62.1 Å². The number of hydrogen-bond acceptors (Lipinski definition) is 5. The molecule has 1 heterocycles. The average Bonchev–Trinajstić information content (AvgIpc) is 3.00. The van der Waals surface area contributed by atoms with E-state index in [1.165, 1.54) is 10.5 Å². The maximum atomic E-state index is 12.7. The van der Waals surface area contributed by atoms with Crippen LogP contribution in [0.2, 0.25) is 0 Å². The van der Waals surface area contributed by atoms with Gasteiger partial charge in [0.1, 0.15) is 6.61 Å². The third-order valence-electron chi connectivity index (χ3n) is 4.41. The van der Waals surface area contributed by atoms with Gasteiger partial charge < -0.3 is 9.47 Å². The van der Waals surface area contributed by atoms with Crippen molar-refractivity contribution in [2.24, 2.45) is 0 Å². The molecular weight excluding hydrogens is 513 g/mol. The maximum absolute atomic E-state index is 12.7. The first-order valence-corrected chi connectivity index (χ1v) is 11.2. The minimum atomic E-state index is -0.264. The monoisotopic (exact) mass is 533 g/mol. The second kappa shape index (κ2) is 10.5. The molecule has 2 amide bonds. The normalized spacial score (nSPS) is 14.8. The molecule has 30 heavy (non-hydrogen) atoms. The number of aryl methyl sites for hydroxylation is 1. The minimum Gasteiger partial charge on any atom is -0.493 e. The van der Waals surface area contributed by atoms with Crippen LogP contribution in [0.25, 0.3) is 6.08 Å². The Kier molecular flexibility index (Phi) is 7.82. The number of carbonyl (C=O) groups excluding carboxylic acids is 2. The van der Waals surface area contributed by atoms with Crippen molar-refractivity contribution in [3.63, 3.8) is 0 Å². The van der Waals surface area contributed by atoms with Crippen LogP contribution in [-0.2, 0) is 11.2 Å². The highest BCUT2D eigenvalue weighted by Gasteiger charge is 2.34. The molecule has 2 aromatic rings. The number of nitrogens with zero attached hydrogens (tertiary/aromatic N) is 1. The van der Waals surface area contributed by atoms with Gasteiger partial charge in [0.25, 0.3) is 11.1 Å². The number of thioether (sulfide) groups is 1. The fourth-order valence-corrected chi connectivity index (χ4v) is 4.65. The Labute approximate surface area is 194 Å². The smallest absolute Gasteiger partial charge is 0.293 e. The molecule has 2 aromatic carbocycles. The fraction of sp³-hybridized carbons (Fsp3) is 0.217. The summed E-state index contributed by atoms with van der Waals surface area (Å²) in [5.41, 5.74) is 1.94. The molecule has 0 atom stereocenters. The summed E-state index contributed by atoms with van der Waals surface area (Å²) in [5, 5.41) is -0.241. The second-order valence-corrected chi connectivity index (χ2v) is 8.60. The number of carbonyl (C=O) groups is 2. The van der Waals surface area contributed by atoms with Gasteiger partial charge in [-0.25, -0.2) is 0 Å². The Bertz CT molecular complexity index is 1010. The molecule has 154 valence electrons. The predicted octanol–water partition coefficient (Wildman–Crippen LogP) is 4.98. The van der Waals surface area contributed by atoms with E-state index in [0.29, 0.717) is 22.9 Å².